The molecule has 0 spiro atoms. The summed E-state index contributed by atoms with van der Waals surface area (Å²) >= 11 is 0. The molecule has 5 heteroatoms. The lowest BCUT2D eigenvalue weighted by atomic mass is 10.1. The summed E-state index contributed by atoms with van der Waals surface area (Å²) in [4.78, 5) is 23.7. The Bertz CT molecular complexity index is 717. The van der Waals surface area contributed by atoms with Crippen molar-refractivity contribution in [1.29, 1.82) is 0 Å². The molecule has 0 saturated heterocycles. The molecule has 0 aliphatic carbocycles. The van der Waals surface area contributed by atoms with E-state index in [1.54, 1.807) is 17.7 Å². The fraction of sp³-hybridized carbons (Fsp3) is 0.474. The van der Waals surface area contributed by atoms with Crippen molar-refractivity contribution in [3.8, 4) is 5.75 Å². The maximum absolute atomic E-state index is 12.3. The molecule has 0 N–H and O–H groups in total. The standard InChI is InChI=1S/C19H25NO4/c1-5-23-16-6-7-18-17(10-16)15(12-21)11-20(18)14(4)19(22)24-9-8-13(2)3/h6-7,10-14H,5,8-9H2,1-4H3. The Morgan fingerprint density at radius 2 is 2.04 bits per heavy atom. The van der Waals surface area contributed by atoms with Gasteiger partial charge in [0.25, 0.3) is 0 Å². The van der Waals surface area contributed by atoms with Gasteiger partial charge in [-0.05, 0) is 44.4 Å². The third-order valence-corrected chi connectivity index (χ3v) is 3.97. The number of hydrogen-bond acceptors (Lipinski definition) is 4. The van der Waals surface area contributed by atoms with Gasteiger partial charge in [0.1, 0.15) is 11.8 Å². The van der Waals surface area contributed by atoms with E-state index in [1.165, 1.54) is 0 Å². The number of rotatable bonds is 8. The van der Waals surface area contributed by atoms with Crippen LogP contribution in [0.1, 0.15) is 50.5 Å². The van der Waals surface area contributed by atoms with Gasteiger partial charge in [-0.3, -0.25) is 4.79 Å². The topological polar surface area (TPSA) is 57.5 Å². The number of aromatic nitrogens is 1. The highest BCUT2D eigenvalue weighted by molar-refractivity contribution is 5.99. The van der Waals surface area contributed by atoms with E-state index in [0.29, 0.717) is 30.4 Å². The summed E-state index contributed by atoms with van der Waals surface area (Å²) in [6.45, 7) is 8.83. The summed E-state index contributed by atoms with van der Waals surface area (Å²) < 4.78 is 12.6. The van der Waals surface area contributed by atoms with Gasteiger partial charge in [-0.15, -0.1) is 0 Å². The van der Waals surface area contributed by atoms with Crippen molar-refractivity contribution in [2.24, 2.45) is 5.92 Å². The van der Waals surface area contributed by atoms with Gasteiger partial charge in [0.05, 0.1) is 13.2 Å². The second-order valence-corrected chi connectivity index (χ2v) is 6.25. The number of carbonyl (C=O) groups is 2. The van der Waals surface area contributed by atoms with Crippen LogP contribution in [0.15, 0.2) is 24.4 Å². The maximum atomic E-state index is 12.3. The third kappa shape index (κ3) is 3.96. The highest BCUT2D eigenvalue weighted by Gasteiger charge is 2.20. The smallest absolute Gasteiger partial charge is 0.328 e. The first kappa shape index (κ1) is 18.0. The number of benzene rings is 1. The van der Waals surface area contributed by atoms with Crippen molar-refractivity contribution in [1.82, 2.24) is 4.57 Å². The number of ether oxygens (including phenoxy) is 2. The van der Waals surface area contributed by atoms with E-state index < -0.39 is 6.04 Å². The normalized spacial score (nSPS) is 12.4. The van der Waals surface area contributed by atoms with E-state index in [-0.39, 0.29) is 5.97 Å². The summed E-state index contributed by atoms with van der Waals surface area (Å²) in [5.74, 6) is 0.899. The molecule has 2 aromatic rings. The van der Waals surface area contributed by atoms with Crippen LogP contribution >= 0.6 is 0 Å². The third-order valence-electron chi connectivity index (χ3n) is 3.97. The average molecular weight is 331 g/mol. The van der Waals surface area contributed by atoms with Gasteiger partial charge in [-0.1, -0.05) is 13.8 Å². The van der Waals surface area contributed by atoms with Crippen molar-refractivity contribution in [3.63, 3.8) is 0 Å². The molecule has 1 heterocycles. The fourth-order valence-corrected chi connectivity index (χ4v) is 2.56. The molecule has 5 nitrogen and oxygen atoms in total. The molecule has 0 saturated carbocycles. The predicted molar refractivity (Wildman–Crippen MR) is 93.6 cm³/mol. The van der Waals surface area contributed by atoms with Crippen molar-refractivity contribution in [2.75, 3.05) is 13.2 Å². The van der Waals surface area contributed by atoms with Crippen molar-refractivity contribution < 1.29 is 19.1 Å². The van der Waals surface area contributed by atoms with Crippen LogP contribution in [0.3, 0.4) is 0 Å². The Morgan fingerprint density at radius 3 is 2.67 bits per heavy atom. The SMILES string of the molecule is CCOc1ccc2c(c1)c(C=O)cn2C(C)C(=O)OCCC(C)C. The van der Waals surface area contributed by atoms with E-state index in [2.05, 4.69) is 13.8 Å². The monoisotopic (exact) mass is 331 g/mol. The molecule has 0 aliphatic rings. The van der Waals surface area contributed by atoms with Crippen LogP contribution in [0.25, 0.3) is 10.9 Å². The fourth-order valence-electron chi connectivity index (χ4n) is 2.56. The molecule has 1 atom stereocenters. The lowest BCUT2D eigenvalue weighted by Crippen LogP contribution is -2.19. The number of esters is 1. The van der Waals surface area contributed by atoms with Crippen molar-refractivity contribution in [3.05, 3.63) is 30.0 Å². The van der Waals surface area contributed by atoms with E-state index in [9.17, 15) is 9.59 Å². The minimum absolute atomic E-state index is 0.293. The average Bonchev–Trinajstić information content (AvgIpc) is 2.92. The largest absolute Gasteiger partial charge is 0.494 e. The second-order valence-electron chi connectivity index (χ2n) is 6.25. The molecule has 130 valence electrons. The Kier molecular flexibility index (Phi) is 6.01. The van der Waals surface area contributed by atoms with Gasteiger partial charge < -0.3 is 14.0 Å². The summed E-state index contributed by atoms with van der Waals surface area (Å²) in [5.41, 5.74) is 1.35. The summed E-state index contributed by atoms with van der Waals surface area (Å²) in [5, 5.41) is 0.776. The van der Waals surface area contributed by atoms with Gasteiger partial charge >= 0.3 is 5.97 Å². The van der Waals surface area contributed by atoms with Gasteiger partial charge in [-0.25, -0.2) is 4.79 Å². The Balaban J connectivity index is 2.27. The minimum Gasteiger partial charge on any atom is -0.494 e. The first-order valence-corrected chi connectivity index (χ1v) is 8.37. The number of carbonyl (C=O) groups excluding carboxylic acids is 2. The Labute approximate surface area is 142 Å². The van der Waals surface area contributed by atoms with Crippen molar-refractivity contribution in [2.45, 2.75) is 40.2 Å². The summed E-state index contributed by atoms with van der Waals surface area (Å²) in [6.07, 6.45) is 3.33. The zero-order chi connectivity index (χ0) is 17.7. The number of hydrogen-bond donors (Lipinski definition) is 0. The van der Waals surface area contributed by atoms with Crippen LogP contribution in [0.4, 0.5) is 0 Å². The van der Waals surface area contributed by atoms with Crippen LogP contribution in [0.5, 0.6) is 5.75 Å². The van der Waals surface area contributed by atoms with Gasteiger partial charge in [0, 0.05) is 22.7 Å². The molecule has 0 bridgehead atoms. The Morgan fingerprint density at radius 1 is 1.29 bits per heavy atom. The van der Waals surface area contributed by atoms with Crippen LogP contribution in [-0.2, 0) is 9.53 Å². The van der Waals surface area contributed by atoms with Crippen LogP contribution in [0.2, 0.25) is 0 Å². The molecule has 2 rings (SSSR count). The minimum atomic E-state index is -0.494. The lowest BCUT2D eigenvalue weighted by Gasteiger charge is -2.15. The molecular formula is C19H25NO4. The zero-order valence-corrected chi connectivity index (χ0v) is 14.7. The highest BCUT2D eigenvalue weighted by atomic mass is 16.5. The van der Waals surface area contributed by atoms with Gasteiger partial charge in [-0.2, -0.15) is 0 Å². The van der Waals surface area contributed by atoms with Gasteiger partial charge in [0.15, 0.2) is 6.29 Å². The molecule has 0 amide bonds. The quantitative estimate of drug-likeness (QED) is 0.542. The predicted octanol–water partition coefficient (Wildman–Crippen LogP) is 4.00. The summed E-state index contributed by atoms with van der Waals surface area (Å²) in [6, 6.07) is 5.04. The highest BCUT2D eigenvalue weighted by Crippen LogP contribution is 2.28. The number of aldehydes is 1. The summed E-state index contributed by atoms with van der Waals surface area (Å²) in [7, 11) is 0. The molecule has 0 radical (unpaired) electrons. The molecule has 1 aromatic heterocycles. The van der Waals surface area contributed by atoms with Gasteiger partial charge in [0.2, 0.25) is 0 Å². The first-order valence-electron chi connectivity index (χ1n) is 8.37. The molecule has 1 aromatic carbocycles. The maximum Gasteiger partial charge on any atom is 0.328 e. The van der Waals surface area contributed by atoms with Crippen LogP contribution in [0, 0.1) is 5.92 Å². The second kappa shape index (κ2) is 7.99. The number of fused-ring (bicyclic) bond motifs is 1. The molecule has 1 unspecified atom stereocenters. The van der Waals surface area contributed by atoms with E-state index >= 15 is 0 Å². The molecular weight excluding hydrogens is 306 g/mol. The molecule has 24 heavy (non-hydrogen) atoms. The number of nitrogens with zero attached hydrogens (tertiary/aromatic N) is 1. The zero-order valence-electron chi connectivity index (χ0n) is 14.7. The molecule has 0 aliphatic heterocycles. The van der Waals surface area contributed by atoms with Crippen LogP contribution < -0.4 is 4.74 Å². The lowest BCUT2D eigenvalue weighted by molar-refractivity contribution is -0.147. The van der Waals surface area contributed by atoms with Crippen molar-refractivity contribution >= 4 is 23.2 Å². The van der Waals surface area contributed by atoms with E-state index in [4.69, 9.17) is 9.47 Å². The first-order chi connectivity index (χ1) is 11.5. The van der Waals surface area contributed by atoms with E-state index in [0.717, 1.165) is 23.6 Å². The van der Waals surface area contributed by atoms with Crippen LogP contribution in [-0.4, -0.2) is 30.0 Å². The Hall–Kier alpha value is -2.30. The molecule has 0 fully saturated rings. The van der Waals surface area contributed by atoms with E-state index in [1.807, 2.05) is 25.1 Å².